The molecule has 0 amide bonds. The minimum absolute atomic E-state index is 0.277. The SMILES string of the molecule is CC1CC(NCC(O)c2ccccc2Cl)CC(C)O1. The van der Waals surface area contributed by atoms with Gasteiger partial charge in [0.25, 0.3) is 0 Å². The van der Waals surface area contributed by atoms with Crippen molar-refractivity contribution in [3.63, 3.8) is 0 Å². The summed E-state index contributed by atoms with van der Waals surface area (Å²) in [5, 5.41) is 14.2. The van der Waals surface area contributed by atoms with Crippen LogP contribution in [0, 0.1) is 0 Å². The van der Waals surface area contributed by atoms with Crippen LogP contribution < -0.4 is 5.32 Å². The highest BCUT2D eigenvalue weighted by Gasteiger charge is 2.24. The Morgan fingerprint density at radius 3 is 2.58 bits per heavy atom. The Kier molecular flexibility index (Phi) is 5.22. The minimum atomic E-state index is -0.567. The lowest BCUT2D eigenvalue weighted by Crippen LogP contribution is -2.42. The van der Waals surface area contributed by atoms with Gasteiger partial charge in [-0.1, -0.05) is 29.8 Å². The Morgan fingerprint density at radius 2 is 1.95 bits per heavy atom. The van der Waals surface area contributed by atoms with Crippen molar-refractivity contribution in [3.8, 4) is 0 Å². The summed E-state index contributed by atoms with van der Waals surface area (Å²) in [4.78, 5) is 0. The van der Waals surface area contributed by atoms with E-state index in [1.807, 2.05) is 18.2 Å². The van der Waals surface area contributed by atoms with Crippen LogP contribution in [0.5, 0.6) is 0 Å². The summed E-state index contributed by atoms with van der Waals surface area (Å²) in [6.07, 6.45) is 1.96. The van der Waals surface area contributed by atoms with Crippen molar-refractivity contribution in [1.29, 1.82) is 0 Å². The van der Waals surface area contributed by atoms with Crippen molar-refractivity contribution in [2.75, 3.05) is 6.54 Å². The van der Waals surface area contributed by atoms with Crippen LogP contribution in [0.3, 0.4) is 0 Å². The number of hydrogen-bond acceptors (Lipinski definition) is 3. The molecule has 1 fully saturated rings. The third kappa shape index (κ3) is 4.18. The zero-order valence-corrected chi connectivity index (χ0v) is 12.2. The molecule has 1 aliphatic rings. The highest BCUT2D eigenvalue weighted by molar-refractivity contribution is 6.31. The van der Waals surface area contributed by atoms with Gasteiger partial charge in [0, 0.05) is 23.2 Å². The van der Waals surface area contributed by atoms with Crippen LogP contribution in [-0.4, -0.2) is 29.9 Å². The van der Waals surface area contributed by atoms with Crippen molar-refractivity contribution in [2.24, 2.45) is 0 Å². The molecule has 0 aromatic heterocycles. The zero-order valence-electron chi connectivity index (χ0n) is 11.5. The van der Waals surface area contributed by atoms with Crippen LogP contribution in [0.1, 0.15) is 38.4 Å². The van der Waals surface area contributed by atoms with E-state index in [0.29, 0.717) is 17.6 Å². The van der Waals surface area contributed by atoms with Gasteiger partial charge in [-0.3, -0.25) is 0 Å². The molecule has 1 saturated heterocycles. The molecule has 0 aliphatic carbocycles. The number of nitrogens with one attached hydrogen (secondary N) is 1. The Balaban J connectivity index is 1.87. The van der Waals surface area contributed by atoms with Crippen LogP contribution in [-0.2, 0) is 4.74 Å². The smallest absolute Gasteiger partial charge is 0.0928 e. The number of halogens is 1. The molecular weight excluding hydrogens is 262 g/mol. The molecule has 0 saturated carbocycles. The quantitative estimate of drug-likeness (QED) is 0.893. The summed E-state index contributed by atoms with van der Waals surface area (Å²) in [6, 6.07) is 7.83. The summed E-state index contributed by atoms with van der Waals surface area (Å²) < 4.78 is 5.70. The maximum absolute atomic E-state index is 10.2. The second-order valence-electron chi connectivity index (χ2n) is 5.37. The second-order valence-corrected chi connectivity index (χ2v) is 5.78. The van der Waals surface area contributed by atoms with Gasteiger partial charge in [0.1, 0.15) is 0 Å². The number of hydrogen-bond donors (Lipinski definition) is 2. The van der Waals surface area contributed by atoms with Crippen LogP contribution in [0.15, 0.2) is 24.3 Å². The number of aliphatic hydroxyl groups excluding tert-OH is 1. The molecule has 106 valence electrons. The molecule has 0 spiro atoms. The Labute approximate surface area is 119 Å². The Bertz CT molecular complexity index is 403. The summed E-state index contributed by atoms with van der Waals surface area (Å²) in [6.45, 7) is 4.71. The van der Waals surface area contributed by atoms with Gasteiger partial charge in [-0.2, -0.15) is 0 Å². The van der Waals surface area contributed by atoms with Gasteiger partial charge in [0.2, 0.25) is 0 Å². The summed E-state index contributed by atoms with van der Waals surface area (Å²) >= 11 is 6.08. The third-order valence-corrected chi connectivity index (χ3v) is 3.91. The topological polar surface area (TPSA) is 41.5 Å². The van der Waals surface area contributed by atoms with Crippen LogP contribution in [0.25, 0.3) is 0 Å². The number of benzene rings is 1. The van der Waals surface area contributed by atoms with Gasteiger partial charge in [0.15, 0.2) is 0 Å². The van der Waals surface area contributed by atoms with Gasteiger partial charge in [-0.15, -0.1) is 0 Å². The monoisotopic (exact) mass is 283 g/mol. The fourth-order valence-electron chi connectivity index (χ4n) is 2.71. The lowest BCUT2D eigenvalue weighted by molar-refractivity contribution is -0.0433. The van der Waals surface area contributed by atoms with Crippen molar-refractivity contribution >= 4 is 11.6 Å². The maximum atomic E-state index is 10.2. The summed E-state index contributed by atoms with van der Waals surface area (Å²) in [5.41, 5.74) is 0.782. The predicted octanol–water partition coefficient (Wildman–Crippen LogP) is 2.92. The molecule has 0 bridgehead atoms. The minimum Gasteiger partial charge on any atom is -0.387 e. The van der Waals surface area contributed by atoms with Crippen LogP contribution in [0.4, 0.5) is 0 Å². The Morgan fingerprint density at radius 1 is 1.32 bits per heavy atom. The molecular formula is C15H22ClNO2. The molecule has 2 N–H and O–H groups in total. The van der Waals surface area contributed by atoms with Crippen molar-refractivity contribution in [2.45, 2.75) is 51.0 Å². The second kappa shape index (κ2) is 6.71. The van der Waals surface area contributed by atoms with E-state index in [4.69, 9.17) is 16.3 Å². The molecule has 3 unspecified atom stereocenters. The van der Waals surface area contributed by atoms with Crippen LogP contribution >= 0.6 is 11.6 Å². The largest absolute Gasteiger partial charge is 0.387 e. The normalized spacial score (nSPS) is 29.2. The fourth-order valence-corrected chi connectivity index (χ4v) is 2.97. The van der Waals surface area contributed by atoms with E-state index in [1.165, 1.54) is 0 Å². The van der Waals surface area contributed by atoms with Crippen molar-refractivity contribution in [3.05, 3.63) is 34.9 Å². The number of aliphatic hydroxyl groups is 1. The highest BCUT2D eigenvalue weighted by atomic mass is 35.5. The van der Waals surface area contributed by atoms with Gasteiger partial charge in [0.05, 0.1) is 18.3 Å². The van der Waals surface area contributed by atoms with E-state index in [2.05, 4.69) is 19.2 Å². The molecule has 1 heterocycles. The molecule has 3 nitrogen and oxygen atoms in total. The van der Waals surface area contributed by atoms with E-state index >= 15 is 0 Å². The van der Waals surface area contributed by atoms with Gasteiger partial charge >= 0.3 is 0 Å². The van der Waals surface area contributed by atoms with E-state index in [-0.39, 0.29) is 12.2 Å². The molecule has 2 rings (SSSR count). The van der Waals surface area contributed by atoms with E-state index < -0.39 is 6.10 Å². The predicted molar refractivity (Wildman–Crippen MR) is 77.4 cm³/mol. The number of rotatable bonds is 4. The first kappa shape index (κ1) is 14.8. The molecule has 0 radical (unpaired) electrons. The molecule has 19 heavy (non-hydrogen) atoms. The first-order chi connectivity index (χ1) is 9.06. The number of ether oxygens (including phenoxy) is 1. The van der Waals surface area contributed by atoms with E-state index in [9.17, 15) is 5.11 Å². The lowest BCUT2D eigenvalue weighted by atomic mass is 9.99. The third-order valence-electron chi connectivity index (χ3n) is 3.56. The first-order valence-corrected chi connectivity index (χ1v) is 7.25. The standard InChI is InChI=1S/C15H22ClNO2/c1-10-7-12(8-11(2)19-10)17-9-15(18)13-5-3-4-6-14(13)16/h3-6,10-12,15,17-18H,7-9H2,1-2H3. The maximum Gasteiger partial charge on any atom is 0.0928 e. The first-order valence-electron chi connectivity index (χ1n) is 6.87. The molecule has 1 aromatic carbocycles. The van der Waals surface area contributed by atoms with Gasteiger partial charge in [-0.05, 0) is 32.8 Å². The molecule has 3 atom stereocenters. The molecule has 1 aliphatic heterocycles. The van der Waals surface area contributed by atoms with Crippen molar-refractivity contribution in [1.82, 2.24) is 5.32 Å². The zero-order chi connectivity index (χ0) is 13.8. The van der Waals surface area contributed by atoms with Crippen LogP contribution in [0.2, 0.25) is 5.02 Å². The highest BCUT2D eigenvalue weighted by Crippen LogP contribution is 2.23. The average Bonchev–Trinajstić information content (AvgIpc) is 2.35. The lowest BCUT2D eigenvalue weighted by Gasteiger charge is -2.33. The average molecular weight is 284 g/mol. The van der Waals surface area contributed by atoms with E-state index in [0.717, 1.165) is 18.4 Å². The molecule has 1 aromatic rings. The Hall–Kier alpha value is -0.610. The fraction of sp³-hybridized carbons (Fsp3) is 0.600. The van der Waals surface area contributed by atoms with Gasteiger partial charge in [-0.25, -0.2) is 0 Å². The summed E-state index contributed by atoms with van der Waals surface area (Å²) in [5.74, 6) is 0. The van der Waals surface area contributed by atoms with Crippen molar-refractivity contribution < 1.29 is 9.84 Å². The molecule has 4 heteroatoms. The van der Waals surface area contributed by atoms with Gasteiger partial charge < -0.3 is 15.2 Å². The van der Waals surface area contributed by atoms with E-state index in [1.54, 1.807) is 6.07 Å². The summed E-state index contributed by atoms with van der Waals surface area (Å²) in [7, 11) is 0.